The van der Waals surface area contributed by atoms with Gasteiger partial charge in [-0.3, -0.25) is 0 Å². The van der Waals surface area contributed by atoms with E-state index in [1.54, 1.807) is 0 Å². The Balaban J connectivity index is 1.50. The molecule has 0 aromatic heterocycles. The van der Waals surface area contributed by atoms with Crippen molar-refractivity contribution in [1.29, 1.82) is 0 Å². The Hall–Kier alpha value is -3.04. The maximum absolute atomic E-state index is 11.7. The summed E-state index contributed by atoms with van der Waals surface area (Å²) >= 11 is 0. The first-order chi connectivity index (χ1) is 16.2. The van der Waals surface area contributed by atoms with Crippen molar-refractivity contribution in [3.63, 3.8) is 0 Å². The van der Waals surface area contributed by atoms with Crippen LogP contribution in [0.3, 0.4) is 0 Å². The number of fused-ring (bicyclic) bond motifs is 2. The minimum Gasteiger partial charge on any atom is -0.366 e. The van der Waals surface area contributed by atoms with Crippen LogP contribution in [0, 0.1) is 0 Å². The van der Waals surface area contributed by atoms with E-state index < -0.39 is 11.1 Å². The normalized spacial score (nSPS) is 24.1. The minimum absolute atomic E-state index is 0.0174. The molecular formula is C31H38N2O. The molecule has 178 valence electrons. The van der Waals surface area contributed by atoms with Gasteiger partial charge in [-0.1, -0.05) is 94.5 Å². The molecule has 1 atom stereocenters. The molecule has 0 spiro atoms. The van der Waals surface area contributed by atoms with Crippen LogP contribution in [0.25, 0.3) is 0 Å². The molecule has 2 aliphatic rings. The van der Waals surface area contributed by atoms with Gasteiger partial charge in [-0.05, 0) is 49.3 Å². The van der Waals surface area contributed by atoms with Crippen LogP contribution in [0.15, 0.2) is 96.8 Å². The Morgan fingerprint density at radius 2 is 1.32 bits per heavy atom. The van der Waals surface area contributed by atoms with Crippen LogP contribution in [0.5, 0.6) is 0 Å². The monoisotopic (exact) mass is 454 g/mol. The van der Waals surface area contributed by atoms with Crippen LogP contribution in [0.4, 0.5) is 11.4 Å². The molecule has 34 heavy (non-hydrogen) atoms. The molecule has 3 heteroatoms. The molecule has 0 bridgehead atoms. The van der Waals surface area contributed by atoms with E-state index in [9.17, 15) is 5.11 Å². The zero-order valence-corrected chi connectivity index (χ0v) is 21.4. The number of hydrogen-bond acceptors (Lipinski definition) is 3. The fraction of sp³-hybridized carbons (Fsp3) is 0.355. The summed E-state index contributed by atoms with van der Waals surface area (Å²) in [6.45, 7) is 14.8. The van der Waals surface area contributed by atoms with Crippen molar-refractivity contribution in [3.8, 4) is 0 Å². The Morgan fingerprint density at radius 1 is 0.735 bits per heavy atom. The van der Waals surface area contributed by atoms with Gasteiger partial charge in [-0.2, -0.15) is 0 Å². The highest BCUT2D eigenvalue weighted by molar-refractivity contribution is 5.70. The highest BCUT2D eigenvalue weighted by atomic mass is 16.3. The molecule has 0 saturated heterocycles. The maximum atomic E-state index is 11.7. The van der Waals surface area contributed by atoms with E-state index in [1.807, 2.05) is 36.4 Å². The molecule has 1 N–H and O–H groups in total. The minimum atomic E-state index is -1.07. The molecule has 2 heterocycles. The van der Waals surface area contributed by atoms with E-state index in [0.29, 0.717) is 0 Å². The van der Waals surface area contributed by atoms with Crippen molar-refractivity contribution < 1.29 is 5.11 Å². The summed E-state index contributed by atoms with van der Waals surface area (Å²) in [5, 5.41) is 11.7. The maximum Gasteiger partial charge on any atom is 0.167 e. The molecular weight excluding hydrogens is 416 g/mol. The summed E-state index contributed by atoms with van der Waals surface area (Å²) in [7, 11) is 0. The van der Waals surface area contributed by atoms with E-state index in [0.717, 1.165) is 18.8 Å². The van der Waals surface area contributed by atoms with Crippen LogP contribution in [-0.4, -0.2) is 23.9 Å². The summed E-state index contributed by atoms with van der Waals surface area (Å²) in [6, 6.07) is 17.0. The van der Waals surface area contributed by atoms with E-state index in [-0.39, 0.29) is 5.41 Å². The first-order valence-corrected chi connectivity index (χ1v) is 12.4. The van der Waals surface area contributed by atoms with Gasteiger partial charge in [-0.25, -0.2) is 0 Å². The number of benzene rings is 2. The first kappa shape index (κ1) is 24.1. The van der Waals surface area contributed by atoms with Crippen molar-refractivity contribution in [3.05, 3.63) is 108 Å². The van der Waals surface area contributed by atoms with Crippen LogP contribution in [0.2, 0.25) is 0 Å². The van der Waals surface area contributed by atoms with E-state index in [4.69, 9.17) is 0 Å². The van der Waals surface area contributed by atoms with Gasteiger partial charge in [0.2, 0.25) is 0 Å². The van der Waals surface area contributed by atoms with Gasteiger partial charge in [0.15, 0.2) is 5.72 Å². The molecule has 0 fully saturated rings. The molecule has 4 rings (SSSR count). The highest BCUT2D eigenvalue weighted by Gasteiger charge is 2.53. The van der Waals surface area contributed by atoms with Gasteiger partial charge in [0.05, 0.1) is 0 Å². The van der Waals surface area contributed by atoms with Crippen LogP contribution >= 0.6 is 0 Å². The van der Waals surface area contributed by atoms with Gasteiger partial charge in [0.1, 0.15) is 0 Å². The number of allylic oxidation sites excluding steroid dienone is 7. The van der Waals surface area contributed by atoms with E-state index in [1.165, 1.54) is 22.5 Å². The molecule has 2 aromatic carbocycles. The molecule has 2 aliphatic heterocycles. The highest BCUT2D eigenvalue weighted by Crippen LogP contribution is 2.51. The van der Waals surface area contributed by atoms with Gasteiger partial charge in [0, 0.05) is 41.0 Å². The fourth-order valence-corrected chi connectivity index (χ4v) is 5.68. The number of para-hydroxylation sites is 2. The summed E-state index contributed by atoms with van der Waals surface area (Å²) < 4.78 is 0. The Labute approximate surface area is 205 Å². The predicted octanol–water partition coefficient (Wildman–Crippen LogP) is 6.86. The van der Waals surface area contributed by atoms with Gasteiger partial charge < -0.3 is 14.9 Å². The average Bonchev–Trinajstić information content (AvgIpc) is 3.14. The molecule has 1 unspecified atom stereocenters. The lowest BCUT2D eigenvalue weighted by Gasteiger charge is -2.41. The smallest absolute Gasteiger partial charge is 0.167 e. The SMILES string of the molecule is CCN1/C(=C/C=C/C=C/C=C/C2(O)N(CC)c3ccccc3C2(C)C)C(C)(C)c2ccccc21. The third-order valence-electron chi connectivity index (χ3n) is 7.66. The second-order valence-corrected chi connectivity index (χ2v) is 10.2. The lowest BCUT2D eigenvalue weighted by Crippen LogP contribution is -2.54. The summed E-state index contributed by atoms with van der Waals surface area (Å²) in [5.41, 5.74) is 4.80. The first-order valence-electron chi connectivity index (χ1n) is 12.4. The number of aliphatic hydroxyl groups is 1. The summed E-state index contributed by atoms with van der Waals surface area (Å²) in [5.74, 6) is 0. The van der Waals surface area contributed by atoms with Gasteiger partial charge in [-0.15, -0.1) is 0 Å². The zero-order chi connectivity index (χ0) is 24.6. The second kappa shape index (κ2) is 8.96. The quantitative estimate of drug-likeness (QED) is 0.483. The van der Waals surface area contributed by atoms with Crippen molar-refractivity contribution in [2.24, 2.45) is 0 Å². The zero-order valence-electron chi connectivity index (χ0n) is 21.4. The Kier molecular flexibility index (Phi) is 6.35. The molecule has 0 amide bonds. The molecule has 2 aromatic rings. The fourth-order valence-electron chi connectivity index (χ4n) is 5.68. The number of likely N-dealkylation sites (N-methyl/N-ethyl adjacent to an activating group) is 2. The third-order valence-corrected chi connectivity index (χ3v) is 7.66. The standard InChI is InChI=1S/C31H38N2O/c1-7-32-26-20-15-13-18-24(26)29(3,4)28(32)22-12-10-9-11-17-23-31(34)30(5,6)25-19-14-16-21-27(25)33(31)8-2/h9-23,34H,7-8H2,1-6H3/b11-9+,12-10+,23-17+,28-22+. The van der Waals surface area contributed by atoms with Gasteiger partial charge >= 0.3 is 0 Å². The lowest BCUT2D eigenvalue weighted by atomic mass is 9.77. The average molecular weight is 455 g/mol. The van der Waals surface area contributed by atoms with Crippen LogP contribution in [0.1, 0.15) is 52.7 Å². The van der Waals surface area contributed by atoms with Crippen LogP contribution < -0.4 is 9.80 Å². The molecule has 3 nitrogen and oxygen atoms in total. The Morgan fingerprint density at radius 3 is 2.00 bits per heavy atom. The van der Waals surface area contributed by atoms with Crippen molar-refractivity contribution in [1.82, 2.24) is 0 Å². The lowest BCUT2D eigenvalue weighted by molar-refractivity contribution is 0.0305. The van der Waals surface area contributed by atoms with Crippen molar-refractivity contribution in [2.45, 2.75) is 58.1 Å². The van der Waals surface area contributed by atoms with Gasteiger partial charge in [0.25, 0.3) is 0 Å². The number of rotatable bonds is 6. The van der Waals surface area contributed by atoms with E-state index >= 15 is 0 Å². The largest absolute Gasteiger partial charge is 0.366 e. The third kappa shape index (κ3) is 3.63. The second-order valence-electron chi connectivity index (χ2n) is 10.2. The molecule has 0 aliphatic carbocycles. The van der Waals surface area contributed by atoms with Crippen molar-refractivity contribution >= 4 is 11.4 Å². The summed E-state index contributed by atoms with van der Waals surface area (Å²) in [6.07, 6.45) is 14.3. The van der Waals surface area contributed by atoms with Crippen molar-refractivity contribution in [2.75, 3.05) is 22.9 Å². The topological polar surface area (TPSA) is 26.7 Å². The molecule has 0 radical (unpaired) electrons. The van der Waals surface area contributed by atoms with Crippen LogP contribution in [-0.2, 0) is 10.8 Å². The molecule has 0 saturated carbocycles. The van der Waals surface area contributed by atoms with E-state index in [2.05, 4.69) is 106 Å². The summed E-state index contributed by atoms with van der Waals surface area (Å²) in [4.78, 5) is 4.49. The number of hydrogen-bond donors (Lipinski definition) is 1. The predicted molar refractivity (Wildman–Crippen MR) is 145 cm³/mol. The number of anilines is 2. The number of nitrogens with zero attached hydrogens (tertiary/aromatic N) is 2. The Bertz CT molecular complexity index is 1170.